The summed E-state index contributed by atoms with van der Waals surface area (Å²) in [6.45, 7) is 2.02. The van der Waals surface area contributed by atoms with Crippen molar-refractivity contribution in [2.24, 2.45) is 0 Å². The van der Waals surface area contributed by atoms with E-state index >= 15 is 0 Å². The Kier molecular flexibility index (Phi) is 6.10. The van der Waals surface area contributed by atoms with Crippen LogP contribution in [0.5, 0.6) is 5.75 Å². The molecule has 0 aliphatic rings. The van der Waals surface area contributed by atoms with Gasteiger partial charge in [-0.05, 0) is 30.7 Å². The minimum Gasteiger partial charge on any atom is -0.490 e. The Labute approximate surface area is 134 Å². The van der Waals surface area contributed by atoms with Crippen LogP contribution in [-0.2, 0) is 11.3 Å². The molecule has 2 aromatic carbocycles. The predicted octanol–water partition coefficient (Wildman–Crippen LogP) is 2.96. The van der Waals surface area contributed by atoms with Crippen molar-refractivity contribution in [3.8, 4) is 11.8 Å². The molecule has 1 atom stereocenters. The van der Waals surface area contributed by atoms with E-state index in [2.05, 4.69) is 0 Å². The number of ether oxygens (including phenoxy) is 2. The zero-order valence-electron chi connectivity index (χ0n) is 12.8. The van der Waals surface area contributed by atoms with Gasteiger partial charge >= 0.3 is 0 Å². The Bertz CT molecular complexity index is 697. The van der Waals surface area contributed by atoms with Crippen molar-refractivity contribution in [1.29, 1.82) is 5.26 Å². The van der Waals surface area contributed by atoms with Gasteiger partial charge in [-0.25, -0.2) is 4.39 Å². The second kappa shape index (κ2) is 8.28. The fraction of sp³-hybridized carbons (Fsp3) is 0.278. The Morgan fingerprint density at radius 3 is 2.74 bits per heavy atom. The van der Waals surface area contributed by atoms with Gasteiger partial charge in [0.25, 0.3) is 0 Å². The average Bonchev–Trinajstić information content (AvgIpc) is 2.56. The number of benzene rings is 2. The van der Waals surface area contributed by atoms with Gasteiger partial charge in [0.15, 0.2) is 0 Å². The van der Waals surface area contributed by atoms with Crippen LogP contribution < -0.4 is 4.74 Å². The highest BCUT2D eigenvalue weighted by atomic mass is 19.1. The highest BCUT2D eigenvalue weighted by Crippen LogP contribution is 2.19. The second-order valence-electron chi connectivity index (χ2n) is 5.16. The van der Waals surface area contributed by atoms with Crippen molar-refractivity contribution in [1.82, 2.24) is 0 Å². The van der Waals surface area contributed by atoms with E-state index in [1.54, 1.807) is 36.4 Å². The minimum atomic E-state index is -0.841. The number of aliphatic hydroxyl groups excluding tert-OH is 1. The minimum absolute atomic E-state index is 0.0331. The number of rotatable bonds is 7. The fourth-order valence-corrected chi connectivity index (χ4v) is 1.98. The van der Waals surface area contributed by atoms with Gasteiger partial charge < -0.3 is 14.6 Å². The van der Waals surface area contributed by atoms with Gasteiger partial charge in [-0.2, -0.15) is 5.26 Å². The van der Waals surface area contributed by atoms with Crippen molar-refractivity contribution >= 4 is 0 Å². The SMILES string of the molecule is Cc1ccc(C#N)cc1OCC(O)COCc1ccccc1F. The highest BCUT2D eigenvalue weighted by molar-refractivity contribution is 5.41. The molecule has 1 unspecified atom stereocenters. The largest absolute Gasteiger partial charge is 0.490 e. The summed E-state index contributed by atoms with van der Waals surface area (Å²) in [6.07, 6.45) is -0.841. The van der Waals surface area contributed by atoms with Crippen molar-refractivity contribution in [3.05, 3.63) is 65.0 Å². The number of nitrogens with zero attached hydrogens (tertiary/aromatic N) is 1. The molecule has 0 spiro atoms. The molecule has 0 aliphatic carbocycles. The molecule has 0 saturated carbocycles. The number of aliphatic hydroxyl groups is 1. The van der Waals surface area contributed by atoms with E-state index < -0.39 is 6.10 Å². The number of halogens is 1. The molecule has 0 bridgehead atoms. The molecule has 0 amide bonds. The summed E-state index contributed by atoms with van der Waals surface area (Å²) in [7, 11) is 0. The monoisotopic (exact) mass is 315 g/mol. The molecule has 2 rings (SSSR count). The quantitative estimate of drug-likeness (QED) is 0.853. The third-order valence-electron chi connectivity index (χ3n) is 3.27. The zero-order valence-corrected chi connectivity index (χ0v) is 12.8. The zero-order chi connectivity index (χ0) is 16.7. The number of aryl methyl sites for hydroxylation is 1. The summed E-state index contributed by atoms with van der Waals surface area (Å²) in [5.41, 5.74) is 1.82. The van der Waals surface area contributed by atoms with Gasteiger partial charge in [-0.3, -0.25) is 0 Å². The van der Waals surface area contributed by atoms with E-state index in [-0.39, 0.29) is 25.6 Å². The van der Waals surface area contributed by atoms with Gasteiger partial charge in [-0.15, -0.1) is 0 Å². The van der Waals surface area contributed by atoms with Gasteiger partial charge in [-0.1, -0.05) is 24.3 Å². The molecule has 0 heterocycles. The van der Waals surface area contributed by atoms with Crippen LogP contribution >= 0.6 is 0 Å². The topological polar surface area (TPSA) is 62.5 Å². The summed E-state index contributed by atoms with van der Waals surface area (Å²) in [6, 6.07) is 13.5. The van der Waals surface area contributed by atoms with Gasteiger partial charge in [0.2, 0.25) is 0 Å². The van der Waals surface area contributed by atoms with Gasteiger partial charge in [0, 0.05) is 5.56 Å². The summed E-state index contributed by atoms with van der Waals surface area (Å²) in [4.78, 5) is 0. The summed E-state index contributed by atoms with van der Waals surface area (Å²) in [5, 5.41) is 18.7. The maximum absolute atomic E-state index is 13.4. The molecular formula is C18H18FNO3. The molecule has 4 nitrogen and oxygen atoms in total. The van der Waals surface area contributed by atoms with Crippen LogP contribution in [0.3, 0.4) is 0 Å². The Morgan fingerprint density at radius 2 is 2.00 bits per heavy atom. The highest BCUT2D eigenvalue weighted by Gasteiger charge is 2.09. The summed E-state index contributed by atoms with van der Waals surface area (Å²) >= 11 is 0. The first kappa shape index (κ1) is 16.9. The third-order valence-corrected chi connectivity index (χ3v) is 3.27. The first-order chi connectivity index (χ1) is 11.1. The lowest BCUT2D eigenvalue weighted by molar-refractivity contribution is 0.00465. The molecule has 0 aliphatic heterocycles. The van der Waals surface area contributed by atoms with Gasteiger partial charge in [0.1, 0.15) is 24.3 Å². The maximum Gasteiger partial charge on any atom is 0.128 e. The normalized spacial score (nSPS) is 11.7. The Balaban J connectivity index is 1.78. The van der Waals surface area contributed by atoms with Crippen LogP contribution in [0.25, 0.3) is 0 Å². The lowest BCUT2D eigenvalue weighted by Crippen LogP contribution is -2.23. The standard InChI is InChI=1S/C18H18FNO3/c1-13-6-7-14(9-20)8-18(13)23-12-16(21)11-22-10-15-4-2-3-5-17(15)19/h2-8,16,21H,10-12H2,1H3. The molecule has 1 N–H and O–H groups in total. The van der Waals surface area contributed by atoms with Crippen LogP contribution in [0.4, 0.5) is 4.39 Å². The predicted molar refractivity (Wildman–Crippen MR) is 83.5 cm³/mol. The van der Waals surface area contributed by atoms with E-state index in [1.807, 2.05) is 13.0 Å². The van der Waals surface area contributed by atoms with Crippen molar-refractivity contribution in [2.75, 3.05) is 13.2 Å². The summed E-state index contributed by atoms with van der Waals surface area (Å²) in [5.74, 6) is 0.222. The van der Waals surface area contributed by atoms with E-state index in [4.69, 9.17) is 14.7 Å². The molecule has 5 heteroatoms. The molecule has 23 heavy (non-hydrogen) atoms. The lowest BCUT2D eigenvalue weighted by Gasteiger charge is -2.14. The molecule has 0 radical (unpaired) electrons. The van der Waals surface area contributed by atoms with Crippen LogP contribution in [0.2, 0.25) is 0 Å². The lowest BCUT2D eigenvalue weighted by atomic mass is 10.1. The van der Waals surface area contributed by atoms with Crippen molar-refractivity contribution in [3.63, 3.8) is 0 Å². The maximum atomic E-state index is 13.4. The van der Waals surface area contributed by atoms with Crippen LogP contribution in [-0.4, -0.2) is 24.4 Å². The fourth-order valence-electron chi connectivity index (χ4n) is 1.98. The molecule has 0 saturated heterocycles. The van der Waals surface area contributed by atoms with E-state index in [1.165, 1.54) is 6.07 Å². The number of nitriles is 1. The van der Waals surface area contributed by atoms with Crippen molar-refractivity contribution < 1.29 is 19.0 Å². The molecule has 0 fully saturated rings. The molecule has 2 aromatic rings. The molecular weight excluding hydrogens is 297 g/mol. The summed E-state index contributed by atoms with van der Waals surface area (Å²) < 4.78 is 24.2. The van der Waals surface area contributed by atoms with Gasteiger partial charge in [0.05, 0.1) is 24.8 Å². The Hall–Kier alpha value is -2.42. The van der Waals surface area contributed by atoms with E-state index in [0.29, 0.717) is 16.9 Å². The molecule has 120 valence electrons. The van der Waals surface area contributed by atoms with Crippen LogP contribution in [0.15, 0.2) is 42.5 Å². The first-order valence-electron chi connectivity index (χ1n) is 7.23. The first-order valence-corrected chi connectivity index (χ1v) is 7.23. The Morgan fingerprint density at radius 1 is 1.22 bits per heavy atom. The average molecular weight is 315 g/mol. The van der Waals surface area contributed by atoms with Crippen LogP contribution in [0.1, 0.15) is 16.7 Å². The van der Waals surface area contributed by atoms with E-state index in [9.17, 15) is 9.50 Å². The van der Waals surface area contributed by atoms with E-state index in [0.717, 1.165) is 5.56 Å². The molecule has 0 aromatic heterocycles. The third kappa shape index (κ3) is 5.06. The van der Waals surface area contributed by atoms with Crippen LogP contribution in [0, 0.1) is 24.1 Å². The number of hydrogen-bond acceptors (Lipinski definition) is 4. The van der Waals surface area contributed by atoms with Crippen molar-refractivity contribution in [2.45, 2.75) is 19.6 Å². The number of hydrogen-bond donors (Lipinski definition) is 1. The smallest absolute Gasteiger partial charge is 0.128 e. The second-order valence-corrected chi connectivity index (χ2v) is 5.16.